The van der Waals surface area contributed by atoms with E-state index in [0.29, 0.717) is 31.1 Å². The maximum absolute atomic E-state index is 13.0. The minimum absolute atomic E-state index is 0.0677. The van der Waals surface area contributed by atoms with E-state index in [0.717, 1.165) is 30.1 Å². The normalized spacial score (nSPS) is 13.7. The molecule has 3 amide bonds. The van der Waals surface area contributed by atoms with Gasteiger partial charge in [-0.25, -0.2) is 4.79 Å². The van der Waals surface area contributed by atoms with Gasteiger partial charge in [0, 0.05) is 48.8 Å². The van der Waals surface area contributed by atoms with Gasteiger partial charge in [0.25, 0.3) is 5.91 Å². The fourth-order valence-electron chi connectivity index (χ4n) is 4.31. The number of benzene rings is 3. The van der Waals surface area contributed by atoms with Gasteiger partial charge in [-0.15, -0.1) is 0 Å². The topological polar surface area (TPSA) is 73.9 Å². The van der Waals surface area contributed by atoms with Gasteiger partial charge in [0.05, 0.1) is 6.61 Å². The van der Waals surface area contributed by atoms with Crippen LogP contribution in [0.4, 0.5) is 21.9 Å². The lowest BCUT2D eigenvalue weighted by atomic mass is 9.86. The predicted octanol–water partition coefficient (Wildman–Crippen LogP) is 5.99. The van der Waals surface area contributed by atoms with Crippen LogP contribution < -0.4 is 20.3 Å². The van der Waals surface area contributed by atoms with Gasteiger partial charge in [-0.2, -0.15) is 0 Å². The Bertz CT molecular complexity index is 1190. The summed E-state index contributed by atoms with van der Waals surface area (Å²) in [6.07, 6.45) is 0. The van der Waals surface area contributed by atoms with Crippen LogP contribution in [0.5, 0.6) is 5.75 Å². The van der Waals surface area contributed by atoms with Crippen LogP contribution in [0.15, 0.2) is 72.8 Å². The molecular formula is C30H36N4O3. The highest BCUT2D eigenvalue weighted by molar-refractivity contribution is 5.99. The number of amides is 3. The Balaban J connectivity index is 1.26. The van der Waals surface area contributed by atoms with E-state index in [2.05, 4.69) is 48.4 Å². The largest absolute Gasteiger partial charge is 0.494 e. The molecule has 3 aromatic carbocycles. The van der Waals surface area contributed by atoms with Crippen molar-refractivity contribution in [2.75, 3.05) is 48.3 Å². The number of hydrogen-bond acceptors (Lipinski definition) is 4. The van der Waals surface area contributed by atoms with Crippen LogP contribution in [0.3, 0.4) is 0 Å². The molecule has 4 rings (SSSR count). The number of hydrogen-bond donors (Lipinski definition) is 2. The highest BCUT2D eigenvalue weighted by Crippen LogP contribution is 2.24. The second-order valence-electron chi connectivity index (χ2n) is 10.2. The molecule has 1 saturated heterocycles. The number of carbonyl (C=O) groups excluding carboxylic acids is 2. The maximum atomic E-state index is 13.0. The molecule has 7 heteroatoms. The van der Waals surface area contributed by atoms with Gasteiger partial charge in [-0.05, 0) is 78.6 Å². The summed E-state index contributed by atoms with van der Waals surface area (Å²) < 4.78 is 5.42. The van der Waals surface area contributed by atoms with Crippen molar-refractivity contribution in [3.63, 3.8) is 0 Å². The number of anilines is 3. The van der Waals surface area contributed by atoms with Gasteiger partial charge < -0.3 is 25.2 Å². The van der Waals surface area contributed by atoms with Gasteiger partial charge in [-0.1, -0.05) is 32.9 Å². The Labute approximate surface area is 219 Å². The second kappa shape index (κ2) is 11.4. The number of nitrogens with zero attached hydrogens (tertiary/aromatic N) is 2. The molecule has 7 nitrogen and oxygen atoms in total. The molecule has 1 heterocycles. The third-order valence-electron chi connectivity index (χ3n) is 6.48. The summed E-state index contributed by atoms with van der Waals surface area (Å²) in [5.74, 6) is 0.849. The summed E-state index contributed by atoms with van der Waals surface area (Å²) in [4.78, 5) is 29.5. The zero-order chi connectivity index (χ0) is 26.4. The quantitative estimate of drug-likeness (QED) is 0.436. The van der Waals surface area contributed by atoms with Crippen molar-refractivity contribution >= 4 is 29.0 Å². The number of piperazine rings is 1. The first-order valence-electron chi connectivity index (χ1n) is 12.8. The Morgan fingerprint density at radius 2 is 1.32 bits per heavy atom. The van der Waals surface area contributed by atoms with E-state index in [9.17, 15) is 9.59 Å². The monoisotopic (exact) mass is 500 g/mol. The Morgan fingerprint density at radius 3 is 1.84 bits per heavy atom. The number of carbonyl (C=O) groups is 2. The maximum Gasteiger partial charge on any atom is 0.323 e. The van der Waals surface area contributed by atoms with Crippen LogP contribution >= 0.6 is 0 Å². The third-order valence-corrected chi connectivity index (χ3v) is 6.48. The first-order valence-corrected chi connectivity index (χ1v) is 12.8. The van der Waals surface area contributed by atoms with Gasteiger partial charge in [0.15, 0.2) is 0 Å². The lowest BCUT2D eigenvalue weighted by molar-refractivity contribution is 0.0746. The van der Waals surface area contributed by atoms with Crippen LogP contribution in [0.2, 0.25) is 0 Å². The standard InChI is InChI=1S/C30H36N4O3/c1-5-37-27-16-12-25(13-17-27)32-29(36)31-24-10-14-26(15-11-24)33-18-20-34(21-19-33)28(35)22-6-8-23(9-7-22)30(2,3)4/h6-17H,5,18-21H2,1-4H3,(H2,31,32,36). The van der Waals surface area contributed by atoms with Crippen molar-refractivity contribution in [2.45, 2.75) is 33.1 Å². The smallest absolute Gasteiger partial charge is 0.323 e. The zero-order valence-corrected chi connectivity index (χ0v) is 22.1. The van der Waals surface area contributed by atoms with Crippen molar-refractivity contribution in [2.24, 2.45) is 0 Å². The molecule has 0 unspecified atom stereocenters. The molecule has 0 bridgehead atoms. The first kappa shape index (κ1) is 26.1. The predicted molar refractivity (Wildman–Crippen MR) is 150 cm³/mol. The van der Waals surface area contributed by atoms with Crippen LogP contribution in [0.1, 0.15) is 43.6 Å². The van der Waals surface area contributed by atoms with Crippen molar-refractivity contribution in [3.8, 4) is 5.75 Å². The van der Waals surface area contributed by atoms with Gasteiger partial charge >= 0.3 is 6.03 Å². The molecule has 0 spiro atoms. The van der Waals surface area contributed by atoms with Crippen molar-refractivity contribution < 1.29 is 14.3 Å². The molecule has 1 fully saturated rings. The van der Waals surface area contributed by atoms with Gasteiger partial charge in [0.2, 0.25) is 0 Å². The molecule has 3 aromatic rings. The van der Waals surface area contributed by atoms with Crippen LogP contribution in [-0.2, 0) is 5.41 Å². The summed E-state index contributed by atoms with van der Waals surface area (Å²) in [7, 11) is 0. The lowest BCUT2D eigenvalue weighted by Gasteiger charge is -2.36. The van der Waals surface area contributed by atoms with E-state index in [4.69, 9.17) is 4.74 Å². The van der Waals surface area contributed by atoms with E-state index in [1.807, 2.05) is 60.4 Å². The fourth-order valence-corrected chi connectivity index (χ4v) is 4.31. The minimum Gasteiger partial charge on any atom is -0.494 e. The second-order valence-corrected chi connectivity index (χ2v) is 10.2. The highest BCUT2D eigenvalue weighted by atomic mass is 16.5. The molecule has 0 saturated carbocycles. The average molecular weight is 501 g/mol. The van der Waals surface area contributed by atoms with Crippen molar-refractivity contribution in [1.82, 2.24) is 4.90 Å². The average Bonchev–Trinajstić information content (AvgIpc) is 2.90. The van der Waals surface area contributed by atoms with E-state index < -0.39 is 0 Å². The van der Waals surface area contributed by atoms with Crippen LogP contribution in [-0.4, -0.2) is 49.6 Å². The summed E-state index contributed by atoms with van der Waals surface area (Å²) in [6.45, 7) is 11.9. The molecule has 1 aliphatic rings. The molecule has 1 aliphatic heterocycles. The number of urea groups is 1. The molecular weight excluding hydrogens is 464 g/mol. The van der Waals surface area contributed by atoms with E-state index in [1.54, 1.807) is 12.1 Å². The summed E-state index contributed by atoms with van der Waals surface area (Å²) in [5, 5.41) is 5.68. The number of ether oxygens (including phenoxy) is 1. The Morgan fingerprint density at radius 1 is 0.784 bits per heavy atom. The van der Waals surface area contributed by atoms with Crippen LogP contribution in [0.25, 0.3) is 0 Å². The molecule has 0 atom stereocenters. The molecule has 0 radical (unpaired) electrons. The highest BCUT2D eigenvalue weighted by Gasteiger charge is 2.23. The Hall–Kier alpha value is -4.00. The lowest BCUT2D eigenvalue weighted by Crippen LogP contribution is -2.48. The number of rotatable bonds is 6. The first-order chi connectivity index (χ1) is 17.7. The summed E-state index contributed by atoms with van der Waals surface area (Å²) in [5.41, 5.74) is 4.49. The van der Waals surface area contributed by atoms with E-state index >= 15 is 0 Å². The molecule has 2 N–H and O–H groups in total. The summed E-state index contributed by atoms with van der Waals surface area (Å²) in [6, 6.07) is 22.7. The Kier molecular flexibility index (Phi) is 8.01. The van der Waals surface area contributed by atoms with E-state index in [-0.39, 0.29) is 17.4 Å². The van der Waals surface area contributed by atoms with Gasteiger partial charge in [0.1, 0.15) is 5.75 Å². The molecule has 194 valence electrons. The van der Waals surface area contributed by atoms with Crippen molar-refractivity contribution in [3.05, 3.63) is 83.9 Å². The third kappa shape index (κ3) is 6.82. The summed E-state index contributed by atoms with van der Waals surface area (Å²) >= 11 is 0. The molecule has 0 aromatic heterocycles. The SMILES string of the molecule is CCOc1ccc(NC(=O)Nc2ccc(N3CCN(C(=O)c4ccc(C(C)(C)C)cc4)CC3)cc2)cc1. The molecule has 0 aliphatic carbocycles. The van der Waals surface area contributed by atoms with Crippen molar-refractivity contribution in [1.29, 1.82) is 0 Å². The minimum atomic E-state index is -0.306. The fraction of sp³-hybridized carbons (Fsp3) is 0.333. The number of nitrogens with one attached hydrogen (secondary N) is 2. The molecule has 37 heavy (non-hydrogen) atoms. The van der Waals surface area contributed by atoms with Crippen LogP contribution in [0, 0.1) is 0 Å². The van der Waals surface area contributed by atoms with E-state index in [1.165, 1.54) is 5.56 Å². The van der Waals surface area contributed by atoms with Gasteiger partial charge in [-0.3, -0.25) is 4.79 Å². The zero-order valence-electron chi connectivity index (χ0n) is 22.1.